The van der Waals surface area contributed by atoms with E-state index >= 15 is 0 Å². The molecule has 0 bridgehead atoms. The van der Waals surface area contributed by atoms with Gasteiger partial charge in [-0.05, 0) is 13.8 Å². The van der Waals surface area contributed by atoms with Crippen LogP contribution in [0.25, 0.3) is 4.96 Å². The van der Waals surface area contributed by atoms with Gasteiger partial charge < -0.3 is 5.11 Å². The second kappa shape index (κ2) is 4.23. The number of carboxylic acids is 1. The molecule has 2 aromatic heterocycles. The second-order valence-electron chi connectivity index (χ2n) is 4.13. The van der Waals surface area contributed by atoms with Crippen LogP contribution >= 0.6 is 11.3 Å². The maximum atomic E-state index is 12.0. The number of carboxylic acid groups (broad SMARTS) is 1. The number of rotatable bonds is 4. The fourth-order valence-electron chi connectivity index (χ4n) is 1.26. The molecule has 92 valence electrons. The molecule has 0 aliphatic heterocycles. The second-order valence-corrected chi connectivity index (χ2v) is 7.00. The van der Waals surface area contributed by atoms with E-state index in [1.807, 2.05) is 16.0 Å². The molecule has 2 heterocycles. The van der Waals surface area contributed by atoms with Gasteiger partial charge in [0.05, 0.1) is 11.4 Å². The van der Waals surface area contributed by atoms with Crippen molar-refractivity contribution < 1.29 is 14.1 Å². The number of hydrogen-bond acceptors (Lipinski definition) is 4. The number of thiazole rings is 1. The van der Waals surface area contributed by atoms with Crippen LogP contribution in [0.5, 0.6) is 0 Å². The highest BCUT2D eigenvalue weighted by Gasteiger charge is 2.34. The lowest BCUT2D eigenvalue weighted by Gasteiger charge is -2.17. The third-order valence-electron chi connectivity index (χ3n) is 2.51. The minimum atomic E-state index is -1.49. The van der Waals surface area contributed by atoms with Crippen LogP contribution in [0.3, 0.4) is 0 Å². The Balaban J connectivity index is 2.19. The summed E-state index contributed by atoms with van der Waals surface area (Å²) in [6.45, 7) is 2.92. The molecule has 2 aromatic rings. The summed E-state index contributed by atoms with van der Waals surface area (Å²) in [5.74, 6) is -0.898. The SMILES string of the molecule is CC(C)(C(=O)O)S(=O)Cc1cn2ccsc2n1. The van der Waals surface area contributed by atoms with E-state index in [1.54, 1.807) is 6.20 Å². The molecule has 0 aliphatic rings. The van der Waals surface area contributed by atoms with Gasteiger partial charge in [0.1, 0.15) is 4.75 Å². The number of nitrogens with zero attached hydrogens (tertiary/aromatic N) is 2. The van der Waals surface area contributed by atoms with Crippen molar-refractivity contribution in [3.8, 4) is 0 Å². The summed E-state index contributed by atoms with van der Waals surface area (Å²) >= 11 is 1.49. The standard InChI is InChI=1S/C10H12N2O3S2/c1-10(2,8(13)14)17(15)6-7-5-12-3-4-16-9(12)11-7/h3-5H,6H2,1-2H3,(H,13,14). The third kappa shape index (κ3) is 2.25. The highest BCUT2D eigenvalue weighted by atomic mass is 32.2. The van der Waals surface area contributed by atoms with Crippen molar-refractivity contribution in [1.29, 1.82) is 0 Å². The summed E-state index contributed by atoms with van der Waals surface area (Å²) in [5.41, 5.74) is 0.657. The van der Waals surface area contributed by atoms with Gasteiger partial charge in [0.2, 0.25) is 0 Å². The molecule has 1 atom stereocenters. The van der Waals surface area contributed by atoms with Crippen LogP contribution in [0.2, 0.25) is 0 Å². The minimum Gasteiger partial charge on any atom is -0.480 e. The van der Waals surface area contributed by atoms with Crippen molar-refractivity contribution in [1.82, 2.24) is 9.38 Å². The van der Waals surface area contributed by atoms with E-state index in [4.69, 9.17) is 5.11 Å². The lowest BCUT2D eigenvalue weighted by atomic mass is 10.2. The Kier molecular flexibility index (Phi) is 3.05. The monoisotopic (exact) mass is 272 g/mol. The van der Waals surface area contributed by atoms with Crippen LogP contribution in [0.15, 0.2) is 17.8 Å². The Bertz CT molecular complexity index is 557. The highest BCUT2D eigenvalue weighted by molar-refractivity contribution is 7.86. The molecule has 0 saturated carbocycles. The Labute approximate surface area is 105 Å². The molecular weight excluding hydrogens is 260 g/mol. The average Bonchev–Trinajstić information content (AvgIpc) is 2.77. The molecule has 1 unspecified atom stereocenters. The molecule has 2 rings (SSSR count). The molecule has 0 fully saturated rings. The maximum Gasteiger partial charge on any atom is 0.321 e. The molecule has 0 spiro atoms. The Morgan fingerprint density at radius 3 is 2.94 bits per heavy atom. The zero-order chi connectivity index (χ0) is 12.6. The molecule has 5 nitrogen and oxygen atoms in total. The minimum absolute atomic E-state index is 0.160. The predicted octanol–water partition coefficient (Wildman–Crippen LogP) is 1.51. The smallest absolute Gasteiger partial charge is 0.321 e. The van der Waals surface area contributed by atoms with E-state index in [0.29, 0.717) is 5.69 Å². The van der Waals surface area contributed by atoms with Crippen LogP contribution in [0.1, 0.15) is 19.5 Å². The summed E-state index contributed by atoms with van der Waals surface area (Å²) in [4.78, 5) is 16.1. The Hall–Kier alpha value is -1.21. The number of carbonyl (C=O) groups is 1. The van der Waals surface area contributed by atoms with Gasteiger partial charge in [0.25, 0.3) is 0 Å². The van der Waals surface area contributed by atoms with Crippen LogP contribution < -0.4 is 0 Å². The average molecular weight is 272 g/mol. The molecule has 0 aromatic carbocycles. The van der Waals surface area contributed by atoms with Crippen LogP contribution in [0.4, 0.5) is 0 Å². The first-order valence-corrected chi connectivity index (χ1v) is 7.14. The van der Waals surface area contributed by atoms with Gasteiger partial charge >= 0.3 is 5.97 Å². The molecule has 0 radical (unpaired) electrons. The normalized spacial score (nSPS) is 14.0. The number of aliphatic carboxylic acids is 1. The predicted molar refractivity (Wildman–Crippen MR) is 66.6 cm³/mol. The molecule has 17 heavy (non-hydrogen) atoms. The van der Waals surface area contributed by atoms with Crippen LogP contribution in [0, 0.1) is 0 Å². The maximum absolute atomic E-state index is 12.0. The van der Waals surface area contributed by atoms with E-state index in [1.165, 1.54) is 25.2 Å². The van der Waals surface area contributed by atoms with E-state index in [9.17, 15) is 9.00 Å². The summed E-state index contributed by atoms with van der Waals surface area (Å²) in [6.07, 6.45) is 3.64. The van der Waals surface area contributed by atoms with Crippen LogP contribution in [-0.2, 0) is 21.3 Å². The topological polar surface area (TPSA) is 71.7 Å². The van der Waals surface area contributed by atoms with Gasteiger partial charge in [-0.2, -0.15) is 0 Å². The first-order chi connectivity index (χ1) is 7.91. The van der Waals surface area contributed by atoms with Crippen molar-refractivity contribution in [2.45, 2.75) is 24.3 Å². The van der Waals surface area contributed by atoms with E-state index in [-0.39, 0.29) is 5.75 Å². The number of fused-ring (bicyclic) bond motifs is 1. The number of aromatic nitrogens is 2. The van der Waals surface area contributed by atoms with Gasteiger partial charge in [-0.15, -0.1) is 11.3 Å². The zero-order valence-corrected chi connectivity index (χ0v) is 11.0. The summed E-state index contributed by atoms with van der Waals surface area (Å²) in [7, 11) is -1.49. The molecule has 0 saturated heterocycles. The largest absolute Gasteiger partial charge is 0.480 e. The van der Waals surface area contributed by atoms with E-state index in [2.05, 4.69) is 4.98 Å². The molecule has 0 amide bonds. The lowest BCUT2D eigenvalue weighted by Crippen LogP contribution is -2.37. The van der Waals surface area contributed by atoms with Gasteiger partial charge in [-0.1, -0.05) is 0 Å². The van der Waals surface area contributed by atoms with Gasteiger partial charge in [0, 0.05) is 28.6 Å². The summed E-state index contributed by atoms with van der Waals surface area (Å²) in [6, 6.07) is 0. The zero-order valence-electron chi connectivity index (χ0n) is 9.41. The van der Waals surface area contributed by atoms with Crippen LogP contribution in [-0.4, -0.2) is 29.4 Å². The number of hydrogen-bond donors (Lipinski definition) is 1. The van der Waals surface area contributed by atoms with E-state index in [0.717, 1.165) is 4.96 Å². The fourth-order valence-corrected chi connectivity index (χ4v) is 2.94. The quantitative estimate of drug-likeness (QED) is 0.915. The molecule has 1 N–H and O–H groups in total. The van der Waals surface area contributed by atoms with Crippen molar-refractivity contribution in [2.24, 2.45) is 0 Å². The van der Waals surface area contributed by atoms with Crippen molar-refractivity contribution in [2.75, 3.05) is 0 Å². The van der Waals surface area contributed by atoms with Crippen molar-refractivity contribution in [3.63, 3.8) is 0 Å². The summed E-state index contributed by atoms with van der Waals surface area (Å²) < 4.78 is 12.5. The Morgan fingerprint density at radius 1 is 1.65 bits per heavy atom. The van der Waals surface area contributed by atoms with Gasteiger partial charge in [-0.3, -0.25) is 13.4 Å². The summed E-state index contributed by atoms with van der Waals surface area (Å²) in [5, 5.41) is 10.9. The fraction of sp³-hybridized carbons (Fsp3) is 0.400. The van der Waals surface area contributed by atoms with Gasteiger partial charge in [-0.25, -0.2) is 4.98 Å². The molecule has 7 heteroatoms. The molecular formula is C10H12N2O3S2. The highest BCUT2D eigenvalue weighted by Crippen LogP contribution is 2.19. The lowest BCUT2D eigenvalue weighted by molar-refractivity contribution is -0.139. The van der Waals surface area contributed by atoms with E-state index < -0.39 is 21.5 Å². The molecule has 0 aliphatic carbocycles. The van der Waals surface area contributed by atoms with Gasteiger partial charge in [0.15, 0.2) is 4.96 Å². The first kappa shape index (κ1) is 12.3. The first-order valence-electron chi connectivity index (χ1n) is 4.94. The van der Waals surface area contributed by atoms with Crippen molar-refractivity contribution in [3.05, 3.63) is 23.5 Å². The Morgan fingerprint density at radius 2 is 2.35 bits per heavy atom. The third-order valence-corrected chi connectivity index (χ3v) is 5.15. The van der Waals surface area contributed by atoms with Crippen molar-refractivity contribution >= 4 is 33.1 Å². The number of imidazole rings is 1.